The summed E-state index contributed by atoms with van der Waals surface area (Å²) in [6.45, 7) is 3.86. The van der Waals surface area contributed by atoms with Crippen molar-refractivity contribution in [2.45, 2.75) is 68.7 Å². The van der Waals surface area contributed by atoms with Crippen LogP contribution in [0.3, 0.4) is 0 Å². The Balaban J connectivity index is 1.42. The van der Waals surface area contributed by atoms with Crippen LogP contribution < -0.4 is 5.32 Å². The van der Waals surface area contributed by atoms with Crippen molar-refractivity contribution in [2.75, 3.05) is 20.1 Å². The zero-order valence-electron chi connectivity index (χ0n) is 25.1. The number of nitrogens with zero attached hydrogens (tertiary/aromatic N) is 1. The standard InChI is InChI=1S/C33H39F3N2O5S/c1-32(2,19-23-16-24-8-4-5-9-25(24)17-23)37-20-27(39)21-38(3)44(42,43)28-12-13-29(30(18-28)33(34,35)36)26-10-6-7-22(15-26)11-14-31(40)41/h4-10,12-13,15,18,23,27,37,39H,11,14,16-17,19-21H2,1-3H3,(H,40,41)/t27-/m1/s1. The van der Waals surface area contributed by atoms with Gasteiger partial charge in [-0.05, 0) is 85.4 Å². The van der Waals surface area contributed by atoms with Crippen LogP contribution in [0.2, 0.25) is 0 Å². The Morgan fingerprint density at radius 3 is 2.30 bits per heavy atom. The summed E-state index contributed by atoms with van der Waals surface area (Å²) in [6, 6.07) is 17.3. The highest BCUT2D eigenvalue weighted by molar-refractivity contribution is 7.89. The normalized spacial score (nSPS) is 15.0. The maximum atomic E-state index is 14.2. The smallest absolute Gasteiger partial charge is 0.417 e. The Labute approximate surface area is 256 Å². The quantitative estimate of drug-likeness (QED) is 0.228. The minimum absolute atomic E-state index is 0.109. The molecule has 3 N–H and O–H groups in total. The number of aliphatic hydroxyl groups excluding tert-OH is 1. The first-order chi connectivity index (χ1) is 20.5. The van der Waals surface area contributed by atoms with Crippen LogP contribution in [0.4, 0.5) is 13.2 Å². The van der Waals surface area contributed by atoms with Gasteiger partial charge in [0.05, 0.1) is 16.6 Å². The van der Waals surface area contributed by atoms with Crippen molar-refractivity contribution >= 4 is 16.0 Å². The van der Waals surface area contributed by atoms with Gasteiger partial charge in [-0.2, -0.15) is 17.5 Å². The Morgan fingerprint density at radius 1 is 1.02 bits per heavy atom. The van der Waals surface area contributed by atoms with Crippen molar-refractivity contribution in [3.8, 4) is 11.1 Å². The van der Waals surface area contributed by atoms with Gasteiger partial charge in [0.2, 0.25) is 10.0 Å². The first-order valence-corrected chi connectivity index (χ1v) is 16.0. The van der Waals surface area contributed by atoms with Crippen LogP contribution in [0, 0.1) is 5.92 Å². The summed E-state index contributed by atoms with van der Waals surface area (Å²) in [5, 5.41) is 23.0. The van der Waals surface area contributed by atoms with Gasteiger partial charge in [-0.3, -0.25) is 4.79 Å². The van der Waals surface area contributed by atoms with E-state index in [0.717, 1.165) is 35.7 Å². The van der Waals surface area contributed by atoms with Crippen molar-refractivity contribution in [2.24, 2.45) is 5.92 Å². The van der Waals surface area contributed by atoms with Crippen LogP contribution in [0.5, 0.6) is 0 Å². The molecule has 1 atom stereocenters. The lowest BCUT2D eigenvalue weighted by Crippen LogP contribution is -2.47. The van der Waals surface area contributed by atoms with Gasteiger partial charge in [0, 0.05) is 32.1 Å². The first-order valence-electron chi connectivity index (χ1n) is 14.5. The lowest BCUT2D eigenvalue weighted by molar-refractivity contribution is -0.138. The maximum absolute atomic E-state index is 14.2. The molecule has 3 aromatic rings. The van der Waals surface area contributed by atoms with E-state index in [1.807, 2.05) is 26.0 Å². The van der Waals surface area contributed by atoms with Crippen LogP contribution >= 0.6 is 0 Å². The third-order valence-corrected chi connectivity index (χ3v) is 9.91. The van der Waals surface area contributed by atoms with E-state index in [0.29, 0.717) is 17.5 Å². The number of carboxylic acids is 1. The van der Waals surface area contributed by atoms with Gasteiger partial charge in [-0.15, -0.1) is 0 Å². The topological polar surface area (TPSA) is 107 Å². The highest BCUT2D eigenvalue weighted by Gasteiger charge is 2.36. The molecule has 7 nitrogen and oxygen atoms in total. The number of halogens is 3. The predicted molar refractivity (Wildman–Crippen MR) is 163 cm³/mol. The van der Waals surface area contributed by atoms with Crippen LogP contribution in [-0.4, -0.2) is 60.7 Å². The fourth-order valence-electron chi connectivity index (χ4n) is 5.94. The summed E-state index contributed by atoms with van der Waals surface area (Å²) >= 11 is 0. The number of likely N-dealkylation sites (N-methyl/N-ethyl adjacent to an activating group) is 1. The van der Waals surface area contributed by atoms with Gasteiger partial charge in [0.25, 0.3) is 0 Å². The molecule has 0 radical (unpaired) electrons. The van der Waals surface area contributed by atoms with Crippen LogP contribution in [-0.2, 0) is 40.3 Å². The van der Waals surface area contributed by atoms with E-state index in [1.165, 1.54) is 36.4 Å². The third-order valence-electron chi connectivity index (χ3n) is 8.09. The number of carboxylic acid groups (broad SMARTS) is 1. The number of aliphatic carboxylic acids is 1. The number of fused-ring (bicyclic) bond motifs is 1. The molecule has 0 aliphatic heterocycles. The fourth-order valence-corrected chi connectivity index (χ4v) is 7.17. The number of hydrogen-bond acceptors (Lipinski definition) is 5. The van der Waals surface area contributed by atoms with E-state index >= 15 is 0 Å². The molecule has 1 aliphatic carbocycles. The second-order valence-electron chi connectivity index (χ2n) is 12.3. The summed E-state index contributed by atoms with van der Waals surface area (Å²) in [7, 11) is -3.14. The Kier molecular flexibility index (Phi) is 10.2. The van der Waals surface area contributed by atoms with Gasteiger partial charge < -0.3 is 15.5 Å². The van der Waals surface area contributed by atoms with E-state index in [1.54, 1.807) is 6.07 Å². The number of carbonyl (C=O) groups is 1. The molecule has 3 aromatic carbocycles. The minimum atomic E-state index is -4.85. The molecule has 0 amide bonds. The molecule has 0 saturated heterocycles. The van der Waals surface area contributed by atoms with Crippen LogP contribution in [0.15, 0.2) is 71.6 Å². The summed E-state index contributed by atoms with van der Waals surface area (Å²) in [4.78, 5) is 10.4. The van der Waals surface area contributed by atoms with E-state index in [-0.39, 0.29) is 42.6 Å². The Hall–Kier alpha value is -3.25. The third kappa shape index (κ3) is 8.47. The molecule has 0 spiro atoms. The number of β-amino-alcohol motifs (C(OH)–C–C–N with tert-alkyl or cyclic N) is 1. The largest absolute Gasteiger partial charge is 0.481 e. The monoisotopic (exact) mass is 632 g/mol. The number of alkyl halides is 3. The van der Waals surface area contributed by atoms with Gasteiger partial charge >= 0.3 is 12.1 Å². The van der Waals surface area contributed by atoms with E-state index < -0.39 is 38.7 Å². The summed E-state index contributed by atoms with van der Waals surface area (Å²) < 4.78 is 70.0. The average molecular weight is 633 g/mol. The molecular weight excluding hydrogens is 593 g/mol. The molecule has 4 rings (SSSR count). The molecular formula is C33H39F3N2O5S. The van der Waals surface area contributed by atoms with Gasteiger partial charge in [0.1, 0.15) is 0 Å². The number of sulfonamides is 1. The molecule has 238 valence electrons. The predicted octanol–water partition coefficient (Wildman–Crippen LogP) is 5.54. The zero-order chi connectivity index (χ0) is 32.3. The SMILES string of the molecule is CN(C[C@H](O)CNC(C)(C)CC1Cc2ccccc2C1)S(=O)(=O)c1ccc(-c2cccc(CCC(=O)O)c2)c(C(F)(F)F)c1. The number of benzene rings is 3. The number of nitrogens with one attached hydrogen (secondary N) is 1. The Bertz CT molecular complexity index is 1570. The lowest BCUT2D eigenvalue weighted by atomic mass is 9.88. The number of aryl methyl sites for hydroxylation is 1. The number of rotatable bonds is 13. The van der Waals surface area contributed by atoms with E-state index in [4.69, 9.17) is 5.11 Å². The Morgan fingerprint density at radius 2 is 1.68 bits per heavy atom. The highest BCUT2D eigenvalue weighted by atomic mass is 32.2. The zero-order valence-corrected chi connectivity index (χ0v) is 25.9. The molecule has 0 unspecified atom stereocenters. The average Bonchev–Trinajstić information content (AvgIpc) is 3.36. The molecule has 0 fully saturated rings. The first kappa shape index (κ1) is 33.6. The molecule has 0 heterocycles. The lowest BCUT2D eigenvalue weighted by Gasteiger charge is -2.31. The minimum Gasteiger partial charge on any atom is -0.481 e. The summed E-state index contributed by atoms with van der Waals surface area (Å²) in [5.41, 5.74) is 1.79. The van der Waals surface area contributed by atoms with Gasteiger partial charge in [0.15, 0.2) is 0 Å². The molecule has 0 saturated carbocycles. The summed E-state index contributed by atoms with van der Waals surface area (Å²) in [6.07, 6.45) is -3.15. The molecule has 44 heavy (non-hydrogen) atoms. The number of hydrogen-bond donors (Lipinski definition) is 3. The highest BCUT2D eigenvalue weighted by Crippen LogP contribution is 2.39. The van der Waals surface area contributed by atoms with Crippen molar-refractivity contribution in [1.29, 1.82) is 0 Å². The summed E-state index contributed by atoms with van der Waals surface area (Å²) in [5.74, 6) is -0.571. The second-order valence-corrected chi connectivity index (χ2v) is 14.3. The molecule has 0 aromatic heterocycles. The maximum Gasteiger partial charge on any atom is 0.417 e. The molecule has 0 bridgehead atoms. The van der Waals surface area contributed by atoms with Crippen molar-refractivity contribution < 1.29 is 36.6 Å². The van der Waals surface area contributed by atoms with Gasteiger partial charge in [-0.25, -0.2) is 8.42 Å². The van der Waals surface area contributed by atoms with E-state index in [9.17, 15) is 31.5 Å². The van der Waals surface area contributed by atoms with Crippen LogP contribution in [0.25, 0.3) is 11.1 Å². The van der Waals surface area contributed by atoms with Crippen LogP contribution in [0.1, 0.15) is 48.9 Å². The number of aliphatic hydroxyl groups is 1. The van der Waals surface area contributed by atoms with Crippen molar-refractivity contribution in [1.82, 2.24) is 9.62 Å². The van der Waals surface area contributed by atoms with Crippen molar-refractivity contribution in [3.63, 3.8) is 0 Å². The van der Waals surface area contributed by atoms with E-state index in [2.05, 4.69) is 17.4 Å². The molecule has 11 heteroatoms. The van der Waals surface area contributed by atoms with Gasteiger partial charge in [-0.1, -0.05) is 54.6 Å². The van der Waals surface area contributed by atoms with Crippen molar-refractivity contribution in [3.05, 3.63) is 89.0 Å². The second kappa shape index (κ2) is 13.4. The molecule has 1 aliphatic rings. The fraction of sp³-hybridized carbons (Fsp3) is 0.424.